The molecule has 0 spiro atoms. The van der Waals surface area contributed by atoms with Crippen LogP contribution in [0.4, 0.5) is 4.79 Å². The molecule has 2 aromatic carbocycles. The standard InChI is InChI=1S/C59H74ClN9O10S2/c1-35-38(4)81-57-50(35)51(41-20-22-43(60)23-21-41)64-46(54-67-66-39(5)69(54)57)31-48(70)61-24-25-75-26-27-76-28-29-77-33-49(71)65-53(59(6,7)8)56(73)68-32-45(79-58(74)78-44-14-12-10-9-11-13-15-44)30-47(68)55(72)63-36(2)40-16-18-42(19-17-40)52-37(3)62-34-80-52/h12,14,16-23,34,36,44-47,53H,9-11,13,15,24-33H2,1-8H3,(H,61,70)(H,63,72)(H,65,71)/b14-12+/t36-,44?,45+,46-,47-,53+/m0/s1. The molecule has 8 rings (SSSR count). The minimum absolute atomic E-state index is 0.0337. The average molecular weight is 1170 g/mol. The summed E-state index contributed by atoms with van der Waals surface area (Å²) in [7, 11) is 0. The van der Waals surface area contributed by atoms with Crippen molar-refractivity contribution in [3.8, 4) is 15.4 Å². The summed E-state index contributed by atoms with van der Waals surface area (Å²) in [4.78, 5) is 82.0. The van der Waals surface area contributed by atoms with E-state index in [2.05, 4.69) is 45.0 Å². The first kappa shape index (κ1) is 60.7. The van der Waals surface area contributed by atoms with E-state index >= 15 is 0 Å². The number of halogens is 1. The zero-order valence-corrected chi connectivity index (χ0v) is 49.8. The highest BCUT2D eigenvalue weighted by atomic mass is 35.5. The van der Waals surface area contributed by atoms with Gasteiger partial charge in [0.15, 0.2) is 5.82 Å². The number of amides is 4. The van der Waals surface area contributed by atoms with E-state index in [0.717, 1.165) is 79.7 Å². The van der Waals surface area contributed by atoms with Crippen molar-refractivity contribution >= 4 is 69.8 Å². The highest BCUT2D eigenvalue weighted by Gasteiger charge is 2.46. The maximum absolute atomic E-state index is 14.7. The van der Waals surface area contributed by atoms with Crippen molar-refractivity contribution in [2.24, 2.45) is 10.4 Å². The number of thiophene rings is 1. The third-order valence-electron chi connectivity index (χ3n) is 14.5. The first-order chi connectivity index (χ1) is 38.9. The molecule has 4 amide bonds. The van der Waals surface area contributed by atoms with Gasteiger partial charge in [-0.1, -0.05) is 81.3 Å². The van der Waals surface area contributed by atoms with Crippen LogP contribution in [-0.4, -0.2) is 137 Å². The van der Waals surface area contributed by atoms with Crippen LogP contribution in [0.2, 0.25) is 5.02 Å². The van der Waals surface area contributed by atoms with Crippen LogP contribution in [0, 0.1) is 33.1 Å². The SMILES string of the molecule is Cc1ncsc1-c1ccc([C@H](C)NC(=O)[C@@H]2C[C@@H](OC(=O)OC3/C=C/CCCCC3)CN2C(=O)[C@@H](NC(=O)COCCOCCOCCNC(=O)C[C@@H]2N=C(c3ccc(Cl)cc3)c3c(sc(C)c3C)-n3c(C)nnc32)C(C)(C)C)cc1. The van der Waals surface area contributed by atoms with Gasteiger partial charge in [0.25, 0.3) is 0 Å². The van der Waals surface area contributed by atoms with Crippen LogP contribution in [0.3, 0.4) is 0 Å². The number of benzene rings is 2. The van der Waals surface area contributed by atoms with Crippen molar-refractivity contribution in [2.45, 2.75) is 137 Å². The number of fused-ring (bicyclic) bond motifs is 3. The molecule has 0 radical (unpaired) electrons. The van der Waals surface area contributed by atoms with Crippen molar-refractivity contribution in [3.63, 3.8) is 0 Å². The molecule has 1 unspecified atom stereocenters. The highest BCUT2D eigenvalue weighted by Crippen LogP contribution is 2.40. The Kier molecular flexibility index (Phi) is 21.1. The molecule has 81 heavy (non-hydrogen) atoms. The molecule has 6 atom stereocenters. The summed E-state index contributed by atoms with van der Waals surface area (Å²) in [5, 5.41) is 19.3. The first-order valence-electron chi connectivity index (χ1n) is 27.7. The van der Waals surface area contributed by atoms with E-state index in [1.54, 1.807) is 22.7 Å². The van der Waals surface area contributed by atoms with Crippen molar-refractivity contribution in [1.82, 2.24) is 40.6 Å². The van der Waals surface area contributed by atoms with Crippen LogP contribution in [-0.2, 0) is 42.9 Å². The molecule has 434 valence electrons. The fourth-order valence-electron chi connectivity index (χ4n) is 10.0. The number of carbonyl (C=O) groups is 5. The van der Waals surface area contributed by atoms with Gasteiger partial charge in [-0.15, -0.1) is 32.9 Å². The summed E-state index contributed by atoms with van der Waals surface area (Å²) in [6.07, 6.45) is 6.48. The van der Waals surface area contributed by atoms with Crippen LogP contribution in [0.1, 0.15) is 129 Å². The number of ether oxygens (including phenoxy) is 5. The van der Waals surface area contributed by atoms with Gasteiger partial charge in [0.05, 0.1) is 73.8 Å². The lowest BCUT2D eigenvalue weighted by Gasteiger charge is -2.35. The molecule has 0 bridgehead atoms. The van der Waals surface area contributed by atoms with Gasteiger partial charge in [-0.25, -0.2) is 9.78 Å². The van der Waals surface area contributed by atoms with E-state index in [4.69, 9.17) is 40.3 Å². The predicted molar refractivity (Wildman–Crippen MR) is 311 cm³/mol. The van der Waals surface area contributed by atoms with Crippen molar-refractivity contribution in [3.05, 3.63) is 116 Å². The monoisotopic (exact) mass is 1170 g/mol. The van der Waals surface area contributed by atoms with Crippen LogP contribution < -0.4 is 16.0 Å². The van der Waals surface area contributed by atoms with Crippen molar-refractivity contribution in [1.29, 1.82) is 0 Å². The van der Waals surface area contributed by atoms with Gasteiger partial charge in [0.1, 0.15) is 47.8 Å². The molecule has 5 heterocycles. The summed E-state index contributed by atoms with van der Waals surface area (Å²) >= 11 is 9.46. The number of nitrogens with zero attached hydrogens (tertiary/aromatic N) is 6. The Labute approximate surface area is 486 Å². The number of thiazole rings is 1. The third kappa shape index (κ3) is 15.8. The maximum Gasteiger partial charge on any atom is 0.509 e. The number of hydrogen-bond acceptors (Lipinski definition) is 16. The van der Waals surface area contributed by atoms with Gasteiger partial charge in [-0.2, -0.15) is 0 Å². The Bertz CT molecular complexity index is 3060. The number of nitrogens with one attached hydrogen (secondary N) is 3. The van der Waals surface area contributed by atoms with Crippen LogP contribution in [0.25, 0.3) is 15.4 Å². The van der Waals surface area contributed by atoms with Gasteiger partial charge < -0.3 is 44.5 Å². The Balaban J connectivity index is 0.782. The molecule has 5 aromatic rings. The topological polar surface area (TPSA) is 227 Å². The quantitative estimate of drug-likeness (QED) is 0.0334. The van der Waals surface area contributed by atoms with Crippen molar-refractivity contribution in [2.75, 3.05) is 52.7 Å². The van der Waals surface area contributed by atoms with E-state index in [9.17, 15) is 24.0 Å². The van der Waals surface area contributed by atoms with E-state index in [-0.39, 0.29) is 71.5 Å². The largest absolute Gasteiger partial charge is 0.509 e. The van der Waals surface area contributed by atoms with Gasteiger partial charge in [0.2, 0.25) is 23.6 Å². The highest BCUT2D eigenvalue weighted by molar-refractivity contribution is 7.15. The average Bonchev–Trinajstić information content (AvgIpc) is 3.95. The summed E-state index contributed by atoms with van der Waals surface area (Å²) in [5.41, 5.74) is 7.59. The lowest BCUT2D eigenvalue weighted by atomic mass is 9.85. The molecule has 1 fully saturated rings. The lowest BCUT2D eigenvalue weighted by Crippen LogP contribution is -2.58. The Morgan fingerprint density at radius 3 is 2.27 bits per heavy atom. The number of hydrogen-bond donors (Lipinski definition) is 3. The lowest BCUT2D eigenvalue weighted by molar-refractivity contribution is -0.144. The molecule has 1 aliphatic carbocycles. The minimum Gasteiger partial charge on any atom is -0.429 e. The van der Waals surface area contributed by atoms with Crippen LogP contribution in [0.5, 0.6) is 0 Å². The second-order valence-corrected chi connectivity index (χ2v) is 24.2. The number of aryl methyl sites for hydroxylation is 3. The van der Waals surface area contributed by atoms with Crippen LogP contribution in [0.15, 0.2) is 71.2 Å². The summed E-state index contributed by atoms with van der Waals surface area (Å²) < 4.78 is 30.5. The van der Waals surface area contributed by atoms with Crippen LogP contribution >= 0.6 is 34.3 Å². The molecular formula is C59H74ClN9O10S2. The van der Waals surface area contributed by atoms with Gasteiger partial charge in [-0.3, -0.25) is 28.7 Å². The first-order valence-corrected chi connectivity index (χ1v) is 29.7. The number of aliphatic imine (C=N–C) groups is 1. The Morgan fingerprint density at radius 1 is 0.840 bits per heavy atom. The van der Waals surface area contributed by atoms with E-state index in [1.165, 1.54) is 4.90 Å². The second-order valence-electron chi connectivity index (χ2n) is 21.7. The smallest absolute Gasteiger partial charge is 0.429 e. The summed E-state index contributed by atoms with van der Waals surface area (Å²) in [6.45, 7) is 16.2. The number of aromatic nitrogens is 4. The molecule has 22 heteroatoms. The van der Waals surface area contributed by atoms with E-state index < -0.39 is 65.7 Å². The number of likely N-dealkylation sites (tertiary alicyclic amines) is 1. The number of allylic oxidation sites excluding steroid dienone is 1. The molecule has 3 aliphatic rings. The van der Waals surface area contributed by atoms with E-state index in [1.807, 2.05) is 112 Å². The molecule has 0 saturated carbocycles. The molecule has 3 N–H and O–H groups in total. The Hall–Kier alpha value is -6.36. The zero-order chi connectivity index (χ0) is 57.8. The predicted octanol–water partition coefficient (Wildman–Crippen LogP) is 9.21. The third-order valence-corrected chi connectivity index (χ3v) is 17.0. The van der Waals surface area contributed by atoms with Gasteiger partial charge in [-0.05, 0) is 101 Å². The molecule has 19 nitrogen and oxygen atoms in total. The molecule has 1 saturated heterocycles. The fourth-order valence-corrected chi connectivity index (χ4v) is 12.2. The van der Waals surface area contributed by atoms with Gasteiger partial charge >= 0.3 is 6.16 Å². The number of rotatable bonds is 22. The zero-order valence-electron chi connectivity index (χ0n) is 47.4. The maximum atomic E-state index is 14.7. The Morgan fingerprint density at radius 2 is 1.56 bits per heavy atom. The summed E-state index contributed by atoms with van der Waals surface area (Å²) in [6, 6.07) is 12.3. The summed E-state index contributed by atoms with van der Waals surface area (Å²) in [5.74, 6) is -0.368. The molecule has 3 aromatic heterocycles. The number of carbonyl (C=O) groups excluding carboxylic acids is 5. The minimum atomic E-state index is -1.07. The fraction of sp³-hybridized carbons (Fsp3) is 0.508. The second kappa shape index (κ2) is 28.1. The van der Waals surface area contributed by atoms with Crippen molar-refractivity contribution < 1.29 is 47.7 Å². The van der Waals surface area contributed by atoms with Gasteiger partial charge in [0, 0.05) is 34.0 Å². The molecule has 2 aliphatic heterocycles. The normalized spacial score (nSPS) is 19.2. The van der Waals surface area contributed by atoms with E-state index in [0.29, 0.717) is 23.1 Å². The molecular weight excluding hydrogens is 1090 g/mol.